The van der Waals surface area contributed by atoms with Crippen LogP contribution >= 0.6 is 0 Å². The Morgan fingerprint density at radius 1 is 1.25 bits per heavy atom. The van der Waals surface area contributed by atoms with Crippen LogP contribution in [0.3, 0.4) is 0 Å². The Balaban J connectivity index is 2.75. The first-order valence-electron chi connectivity index (χ1n) is 6.92. The predicted octanol–water partition coefficient (Wildman–Crippen LogP) is 2.22. The first kappa shape index (κ1) is 16.5. The largest absolute Gasteiger partial charge is 0.493 e. The van der Waals surface area contributed by atoms with Gasteiger partial charge in [-0.2, -0.15) is 0 Å². The molecule has 20 heavy (non-hydrogen) atoms. The lowest BCUT2D eigenvalue weighted by molar-refractivity contribution is -0.124. The minimum absolute atomic E-state index is 0.0204. The number of rotatable bonds is 6. The highest BCUT2D eigenvalue weighted by molar-refractivity contribution is 5.84. The smallest absolute Gasteiger partial charge is 0.237 e. The summed E-state index contributed by atoms with van der Waals surface area (Å²) in [6.07, 6.45) is 0.525. The van der Waals surface area contributed by atoms with Gasteiger partial charge in [0.25, 0.3) is 0 Å². The first-order chi connectivity index (χ1) is 9.20. The SMILES string of the molecule is CNC(C)(CCOc1ccccc1C(C)(C)C)C(N)=O. The Hall–Kier alpha value is -1.55. The number of carbonyl (C=O) groups is 1. The summed E-state index contributed by atoms with van der Waals surface area (Å²) in [6.45, 7) is 8.67. The van der Waals surface area contributed by atoms with E-state index in [1.807, 2.05) is 18.2 Å². The van der Waals surface area contributed by atoms with Crippen molar-refractivity contribution in [2.24, 2.45) is 5.73 Å². The first-order valence-corrected chi connectivity index (χ1v) is 6.92. The fourth-order valence-corrected chi connectivity index (χ4v) is 1.95. The van der Waals surface area contributed by atoms with E-state index in [0.29, 0.717) is 13.0 Å². The van der Waals surface area contributed by atoms with Crippen LogP contribution in [0.2, 0.25) is 0 Å². The number of carbonyl (C=O) groups excluding carboxylic acids is 1. The van der Waals surface area contributed by atoms with Gasteiger partial charge in [-0.05, 0) is 31.0 Å². The van der Waals surface area contributed by atoms with Crippen LogP contribution in [0.25, 0.3) is 0 Å². The Kier molecular flexibility index (Phi) is 5.17. The molecule has 1 aromatic rings. The molecule has 0 radical (unpaired) electrons. The molecule has 1 unspecified atom stereocenters. The van der Waals surface area contributed by atoms with Gasteiger partial charge in [-0.25, -0.2) is 0 Å². The molecule has 0 fully saturated rings. The molecule has 0 aliphatic rings. The van der Waals surface area contributed by atoms with Crippen LogP contribution in [0.15, 0.2) is 24.3 Å². The fraction of sp³-hybridized carbons (Fsp3) is 0.562. The highest BCUT2D eigenvalue weighted by Crippen LogP contribution is 2.31. The lowest BCUT2D eigenvalue weighted by atomic mass is 9.86. The van der Waals surface area contributed by atoms with Gasteiger partial charge in [-0.3, -0.25) is 4.79 Å². The van der Waals surface area contributed by atoms with Crippen LogP contribution in [0.5, 0.6) is 5.75 Å². The number of hydrogen-bond acceptors (Lipinski definition) is 3. The third-order valence-electron chi connectivity index (χ3n) is 3.65. The molecule has 3 N–H and O–H groups in total. The summed E-state index contributed by atoms with van der Waals surface area (Å²) in [5, 5.41) is 2.95. The number of nitrogens with two attached hydrogens (primary N) is 1. The topological polar surface area (TPSA) is 64.3 Å². The molecular weight excluding hydrogens is 252 g/mol. The van der Waals surface area contributed by atoms with E-state index in [1.54, 1.807) is 14.0 Å². The van der Waals surface area contributed by atoms with Crippen molar-refractivity contribution in [2.75, 3.05) is 13.7 Å². The highest BCUT2D eigenvalue weighted by Gasteiger charge is 2.29. The van der Waals surface area contributed by atoms with Crippen LogP contribution in [0.1, 0.15) is 39.7 Å². The number of ether oxygens (including phenoxy) is 1. The van der Waals surface area contributed by atoms with Crippen molar-refractivity contribution in [1.82, 2.24) is 5.32 Å². The van der Waals surface area contributed by atoms with Gasteiger partial charge in [0.15, 0.2) is 0 Å². The van der Waals surface area contributed by atoms with Gasteiger partial charge in [0.2, 0.25) is 5.91 Å². The van der Waals surface area contributed by atoms with Gasteiger partial charge < -0.3 is 15.8 Å². The maximum absolute atomic E-state index is 11.4. The second-order valence-electron chi connectivity index (χ2n) is 6.29. The zero-order valence-corrected chi connectivity index (χ0v) is 13.1. The molecule has 4 nitrogen and oxygen atoms in total. The minimum atomic E-state index is -0.739. The van der Waals surface area contributed by atoms with E-state index < -0.39 is 5.54 Å². The quantitative estimate of drug-likeness (QED) is 0.838. The van der Waals surface area contributed by atoms with Crippen molar-refractivity contribution in [1.29, 1.82) is 0 Å². The number of nitrogens with one attached hydrogen (secondary N) is 1. The molecule has 0 saturated carbocycles. The second kappa shape index (κ2) is 6.27. The third kappa shape index (κ3) is 3.97. The molecule has 0 bridgehead atoms. The molecule has 0 aliphatic heterocycles. The summed E-state index contributed by atoms with van der Waals surface area (Å²) in [4.78, 5) is 11.4. The van der Waals surface area contributed by atoms with Gasteiger partial charge in [0, 0.05) is 6.42 Å². The zero-order chi connectivity index (χ0) is 15.4. The Morgan fingerprint density at radius 3 is 2.35 bits per heavy atom. The van der Waals surface area contributed by atoms with Crippen molar-refractivity contribution in [3.63, 3.8) is 0 Å². The number of hydrogen-bond donors (Lipinski definition) is 2. The molecule has 4 heteroatoms. The Bertz CT molecular complexity index is 466. The van der Waals surface area contributed by atoms with Gasteiger partial charge in [-0.15, -0.1) is 0 Å². The Morgan fingerprint density at radius 2 is 1.85 bits per heavy atom. The minimum Gasteiger partial charge on any atom is -0.493 e. The molecule has 112 valence electrons. The van der Waals surface area contributed by atoms with Crippen molar-refractivity contribution in [2.45, 2.75) is 45.1 Å². The summed E-state index contributed by atoms with van der Waals surface area (Å²) in [5.74, 6) is 0.496. The average molecular weight is 278 g/mol. The van der Waals surface area contributed by atoms with E-state index >= 15 is 0 Å². The summed E-state index contributed by atoms with van der Waals surface area (Å²) >= 11 is 0. The molecule has 0 heterocycles. The molecule has 0 spiro atoms. The van der Waals surface area contributed by atoms with E-state index in [0.717, 1.165) is 11.3 Å². The molecule has 1 aromatic carbocycles. The number of para-hydroxylation sites is 1. The third-order valence-corrected chi connectivity index (χ3v) is 3.65. The van der Waals surface area contributed by atoms with Crippen molar-refractivity contribution in [3.8, 4) is 5.75 Å². The van der Waals surface area contributed by atoms with E-state index in [4.69, 9.17) is 10.5 Å². The standard InChI is InChI=1S/C16H26N2O2/c1-15(2,3)12-8-6-7-9-13(12)20-11-10-16(4,18-5)14(17)19/h6-9,18H,10-11H2,1-5H3,(H2,17,19). The summed E-state index contributed by atoms with van der Waals surface area (Å²) < 4.78 is 5.86. The van der Waals surface area contributed by atoms with Crippen molar-refractivity contribution in [3.05, 3.63) is 29.8 Å². The fourth-order valence-electron chi connectivity index (χ4n) is 1.95. The lowest BCUT2D eigenvalue weighted by Crippen LogP contribution is -2.52. The molecule has 1 atom stereocenters. The van der Waals surface area contributed by atoms with Gasteiger partial charge in [0.1, 0.15) is 5.75 Å². The molecule has 0 aliphatic carbocycles. The Labute approximate surface area is 121 Å². The van der Waals surface area contributed by atoms with E-state index in [2.05, 4.69) is 32.2 Å². The summed E-state index contributed by atoms with van der Waals surface area (Å²) in [5.41, 5.74) is 5.84. The van der Waals surface area contributed by atoms with E-state index in [9.17, 15) is 4.79 Å². The average Bonchev–Trinajstić information content (AvgIpc) is 2.37. The monoisotopic (exact) mass is 278 g/mol. The van der Waals surface area contributed by atoms with Gasteiger partial charge in [-0.1, -0.05) is 39.0 Å². The van der Waals surface area contributed by atoms with Crippen LogP contribution in [0, 0.1) is 0 Å². The van der Waals surface area contributed by atoms with Gasteiger partial charge in [0.05, 0.1) is 12.1 Å². The molecule has 1 rings (SSSR count). The second-order valence-corrected chi connectivity index (χ2v) is 6.29. The number of primary amides is 1. The van der Waals surface area contributed by atoms with E-state index in [-0.39, 0.29) is 11.3 Å². The normalized spacial score (nSPS) is 14.7. The van der Waals surface area contributed by atoms with Crippen molar-refractivity contribution < 1.29 is 9.53 Å². The predicted molar refractivity (Wildman–Crippen MR) is 81.9 cm³/mol. The van der Waals surface area contributed by atoms with E-state index in [1.165, 1.54) is 0 Å². The maximum atomic E-state index is 11.4. The molecule has 0 aromatic heterocycles. The molecular formula is C16H26N2O2. The number of amides is 1. The highest BCUT2D eigenvalue weighted by atomic mass is 16.5. The molecule has 1 amide bonds. The van der Waals surface area contributed by atoms with Crippen molar-refractivity contribution >= 4 is 5.91 Å². The van der Waals surface area contributed by atoms with Crippen LogP contribution in [0.4, 0.5) is 0 Å². The molecule has 0 saturated heterocycles. The number of benzene rings is 1. The van der Waals surface area contributed by atoms with Crippen LogP contribution in [-0.2, 0) is 10.2 Å². The van der Waals surface area contributed by atoms with Crippen LogP contribution in [-0.4, -0.2) is 25.1 Å². The van der Waals surface area contributed by atoms with Gasteiger partial charge >= 0.3 is 0 Å². The summed E-state index contributed by atoms with van der Waals surface area (Å²) in [7, 11) is 1.73. The summed E-state index contributed by atoms with van der Waals surface area (Å²) in [6, 6.07) is 7.99. The zero-order valence-electron chi connectivity index (χ0n) is 13.1. The maximum Gasteiger partial charge on any atom is 0.237 e. The number of likely N-dealkylation sites (N-methyl/N-ethyl adjacent to an activating group) is 1. The van der Waals surface area contributed by atoms with Crippen LogP contribution < -0.4 is 15.8 Å². The lowest BCUT2D eigenvalue weighted by Gasteiger charge is -2.27.